The van der Waals surface area contributed by atoms with E-state index in [0.29, 0.717) is 25.3 Å². The van der Waals surface area contributed by atoms with E-state index in [1.54, 1.807) is 11.8 Å². The quantitative estimate of drug-likeness (QED) is 0.691. The third-order valence-corrected chi connectivity index (χ3v) is 3.34. The minimum absolute atomic E-state index is 0.00847. The topological polar surface area (TPSA) is 46.6 Å². The first kappa shape index (κ1) is 17.2. The number of rotatable bonds is 8. The highest BCUT2D eigenvalue weighted by molar-refractivity contribution is 5.95. The maximum absolute atomic E-state index is 12.6. The van der Waals surface area contributed by atoms with Crippen LogP contribution in [0.4, 0.5) is 0 Å². The number of hydrogen-bond donors (Lipinski definition) is 0. The van der Waals surface area contributed by atoms with Crippen molar-refractivity contribution in [3.05, 3.63) is 35.4 Å². The minimum atomic E-state index is -0.253. The van der Waals surface area contributed by atoms with Gasteiger partial charge in [-0.1, -0.05) is 31.5 Å². The Labute approximate surface area is 127 Å². The van der Waals surface area contributed by atoms with Gasteiger partial charge in [-0.05, 0) is 31.9 Å². The number of esters is 1. The summed E-state index contributed by atoms with van der Waals surface area (Å²) in [4.78, 5) is 25.9. The van der Waals surface area contributed by atoms with E-state index < -0.39 is 0 Å². The van der Waals surface area contributed by atoms with Gasteiger partial charge in [-0.3, -0.25) is 9.59 Å². The molecule has 21 heavy (non-hydrogen) atoms. The molecule has 0 aliphatic carbocycles. The summed E-state index contributed by atoms with van der Waals surface area (Å²) in [7, 11) is 0. The van der Waals surface area contributed by atoms with Gasteiger partial charge in [0.15, 0.2) is 0 Å². The van der Waals surface area contributed by atoms with Crippen molar-refractivity contribution in [3.8, 4) is 0 Å². The van der Waals surface area contributed by atoms with Crippen LogP contribution in [0, 0.1) is 6.92 Å². The Bertz CT molecular complexity index is 471. The summed E-state index contributed by atoms with van der Waals surface area (Å²) >= 11 is 0. The van der Waals surface area contributed by atoms with Crippen LogP contribution in [0.15, 0.2) is 24.3 Å². The Balaban J connectivity index is 2.74. The molecule has 1 aromatic rings. The van der Waals surface area contributed by atoms with Crippen LogP contribution in [0.25, 0.3) is 0 Å². The Morgan fingerprint density at radius 1 is 1.14 bits per heavy atom. The van der Waals surface area contributed by atoms with E-state index >= 15 is 0 Å². The molecule has 0 N–H and O–H groups in total. The highest BCUT2D eigenvalue weighted by Gasteiger charge is 2.18. The number of carbonyl (C=O) groups excluding carboxylic acids is 2. The van der Waals surface area contributed by atoms with Crippen LogP contribution in [0.3, 0.4) is 0 Å². The van der Waals surface area contributed by atoms with Crippen LogP contribution in [0.2, 0.25) is 0 Å². The molecular formula is C17H25NO3. The van der Waals surface area contributed by atoms with Crippen LogP contribution in [0.1, 0.15) is 49.0 Å². The Kier molecular flexibility index (Phi) is 7.51. The van der Waals surface area contributed by atoms with Gasteiger partial charge in [0, 0.05) is 18.7 Å². The number of unbranched alkanes of at least 4 members (excludes halogenated alkanes) is 1. The Hall–Kier alpha value is -1.84. The maximum Gasteiger partial charge on any atom is 0.307 e. The third kappa shape index (κ3) is 5.58. The lowest BCUT2D eigenvalue weighted by Crippen LogP contribution is -2.34. The van der Waals surface area contributed by atoms with Gasteiger partial charge < -0.3 is 9.64 Å². The predicted octanol–water partition coefficient (Wildman–Crippen LogP) is 3.19. The Morgan fingerprint density at radius 2 is 1.86 bits per heavy atom. The largest absolute Gasteiger partial charge is 0.466 e. The van der Waals surface area contributed by atoms with Crippen molar-refractivity contribution in [3.63, 3.8) is 0 Å². The molecule has 0 unspecified atom stereocenters. The fraction of sp³-hybridized carbons (Fsp3) is 0.529. The molecule has 1 rings (SSSR count). The van der Waals surface area contributed by atoms with Gasteiger partial charge in [-0.15, -0.1) is 0 Å². The van der Waals surface area contributed by atoms with E-state index in [0.717, 1.165) is 18.4 Å². The fourth-order valence-electron chi connectivity index (χ4n) is 2.11. The number of nitrogens with zero attached hydrogens (tertiary/aromatic N) is 1. The number of hydrogen-bond acceptors (Lipinski definition) is 3. The molecule has 116 valence electrons. The lowest BCUT2D eigenvalue weighted by Gasteiger charge is -2.23. The molecule has 0 aromatic heterocycles. The molecular weight excluding hydrogens is 266 g/mol. The van der Waals surface area contributed by atoms with E-state index in [-0.39, 0.29) is 18.3 Å². The highest BCUT2D eigenvalue weighted by atomic mass is 16.5. The van der Waals surface area contributed by atoms with Gasteiger partial charge in [0.25, 0.3) is 5.91 Å². The average molecular weight is 291 g/mol. The lowest BCUT2D eigenvalue weighted by molar-refractivity contribution is -0.143. The predicted molar refractivity (Wildman–Crippen MR) is 83.2 cm³/mol. The van der Waals surface area contributed by atoms with Crippen molar-refractivity contribution in [2.24, 2.45) is 0 Å². The molecule has 4 nitrogen and oxygen atoms in total. The Morgan fingerprint density at radius 3 is 2.48 bits per heavy atom. The van der Waals surface area contributed by atoms with Crippen LogP contribution in [-0.4, -0.2) is 36.5 Å². The second-order valence-corrected chi connectivity index (χ2v) is 5.02. The van der Waals surface area contributed by atoms with Crippen molar-refractivity contribution in [1.82, 2.24) is 4.90 Å². The second kappa shape index (κ2) is 9.16. The molecule has 1 aromatic carbocycles. The second-order valence-electron chi connectivity index (χ2n) is 5.02. The number of ether oxygens (including phenoxy) is 1. The summed E-state index contributed by atoms with van der Waals surface area (Å²) < 4.78 is 4.93. The van der Waals surface area contributed by atoms with E-state index in [1.165, 1.54) is 0 Å². The summed E-state index contributed by atoms with van der Waals surface area (Å²) in [6.07, 6.45) is 2.19. The van der Waals surface area contributed by atoms with Crippen molar-refractivity contribution < 1.29 is 14.3 Å². The fourth-order valence-corrected chi connectivity index (χ4v) is 2.11. The summed E-state index contributed by atoms with van der Waals surface area (Å²) in [6.45, 7) is 7.25. The highest BCUT2D eigenvalue weighted by Crippen LogP contribution is 2.12. The summed E-state index contributed by atoms with van der Waals surface area (Å²) in [5.74, 6) is -0.262. The van der Waals surface area contributed by atoms with Gasteiger partial charge in [-0.2, -0.15) is 0 Å². The van der Waals surface area contributed by atoms with E-state index in [9.17, 15) is 9.59 Å². The first-order valence-corrected chi connectivity index (χ1v) is 7.60. The standard InChI is InChI=1S/C17H25NO3/c1-4-6-12-18(13-11-16(19)21-5-2)17(20)15-10-8-7-9-14(15)3/h7-10H,4-6,11-13H2,1-3H3. The number of benzene rings is 1. The first-order valence-electron chi connectivity index (χ1n) is 7.60. The molecule has 4 heteroatoms. The summed E-state index contributed by atoms with van der Waals surface area (Å²) in [6, 6.07) is 7.54. The molecule has 0 heterocycles. The molecule has 1 amide bonds. The van der Waals surface area contributed by atoms with Gasteiger partial charge in [-0.25, -0.2) is 0 Å². The zero-order valence-corrected chi connectivity index (χ0v) is 13.2. The van der Waals surface area contributed by atoms with Crippen molar-refractivity contribution in [1.29, 1.82) is 0 Å². The molecule has 0 saturated carbocycles. The molecule has 0 atom stereocenters. The first-order chi connectivity index (χ1) is 10.1. The normalized spacial score (nSPS) is 10.2. The zero-order chi connectivity index (χ0) is 15.7. The SMILES string of the molecule is CCCCN(CCC(=O)OCC)C(=O)c1ccccc1C. The molecule has 0 spiro atoms. The monoisotopic (exact) mass is 291 g/mol. The molecule has 0 bridgehead atoms. The van der Waals surface area contributed by atoms with Crippen LogP contribution in [0.5, 0.6) is 0 Å². The van der Waals surface area contributed by atoms with Gasteiger partial charge >= 0.3 is 5.97 Å². The van der Waals surface area contributed by atoms with Gasteiger partial charge in [0.05, 0.1) is 13.0 Å². The van der Waals surface area contributed by atoms with Crippen LogP contribution in [-0.2, 0) is 9.53 Å². The summed E-state index contributed by atoms with van der Waals surface area (Å²) in [5.41, 5.74) is 1.66. The van der Waals surface area contributed by atoms with E-state index in [4.69, 9.17) is 4.74 Å². The van der Waals surface area contributed by atoms with Crippen molar-refractivity contribution in [2.75, 3.05) is 19.7 Å². The van der Waals surface area contributed by atoms with Crippen molar-refractivity contribution >= 4 is 11.9 Å². The van der Waals surface area contributed by atoms with E-state index in [2.05, 4.69) is 6.92 Å². The molecule has 0 radical (unpaired) electrons. The zero-order valence-electron chi connectivity index (χ0n) is 13.2. The van der Waals surface area contributed by atoms with Crippen molar-refractivity contribution in [2.45, 2.75) is 40.0 Å². The smallest absolute Gasteiger partial charge is 0.307 e. The van der Waals surface area contributed by atoms with Gasteiger partial charge in [0.2, 0.25) is 0 Å². The molecule has 0 aliphatic rings. The summed E-state index contributed by atoms with van der Waals surface area (Å²) in [5, 5.41) is 0. The third-order valence-electron chi connectivity index (χ3n) is 3.34. The lowest BCUT2D eigenvalue weighted by atomic mass is 10.1. The number of amides is 1. The molecule has 0 aliphatic heterocycles. The van der Waals surface area contributed by atoms with Crippen LogP contribution >= 0.6 is 0 Å². The van der Waals surface area contributed by atoms with Crippen LogP contribution < -0.4 is 0 Å². The van der Waals surface area contributed by atoms with Gasteiger partial charge in [0.1, 0.15) is 0 Å². The average Bonchev–Trinajstić information content (AvgIpc) is 2.47. The van der Waals surface area contributed by atoms with E-state index in [1.807, 2.05) is 31.2 Å². The number of carbonyl (C=O) groups is 2. The minimum Gasteiger partial charge on any atom is -0.466 e. The number of aryl methyl sites for hydroxylation is 1. The molecule has 0 fully saturated rings. The molecule has 0 saturated heterocycles. The maximum atomic E-state index is 12.6.